The molecule has 0 amide bonds. The molecule has 3 rings (SSSR count). The minimum Gasteiger partial charge on any atom is -0.490 e. The number of fused-ring (bicyclic) bond motifs is 1. The van der Waals surface area contributed by atoms with Crippen molar-refractivity contribution in [2.24, 2.45) is 0 Å². The Morgan fingerprint density at radius 3 is 2.67 bits per heavy atom. The van der Waals surface area contributed by atoms with Crippen LogP contribution >= 0.6 is 15.9 Å². The van der Waals surface area contributed by atoms with E-state index in [2.05, 4.69) is 15.9 Å². The molecule has 0 aliphatic carbocycles. The molecule has 1 aliphatic rings. The van der Waals surface area contributed by atoms with Crippen LogP contribution in [0.5, 0.6) is 11.5 Å². The maximum atomic E-state index is 12.4. The van der Waals surface area contributed by atoms with Gasteiger partial charge in [-0.2, -0.15) is 0 Å². The van der Waals surface area contributed by atoms with Crippen LogP contribution in [-0.4, -0.2) is 19.0 Å². The SMILES string of the molecule is O=C(Cc1cccc(Br)c1)c1ccc2c(c1)OCCCO2. The predicted octanol–water partition coefficient (Wildman–Crippen LogP) is 4.04. The second-order valence-electron chi connectivity index (χ2n) is 4.94. The summed E-state index contributed by atoms with van der Waals surface area (Å²) in [7, 11) is 0. The van der Waals surface area contributed by atoms with E-state index < -0.39 is 0 Å². The molecule has 0 unspecified atom stereocenters. The molecule has 2 aromatic carbocycles. The standard InChI is InChI=1S/C17H15BrO3/c18-14-4-1-3-12(9-14)10-15(19)13-5-6-16-17(11-13)21-8-2-7-20-16/h1,3-6,9,11H,2,7-8,10H2. The minimum absolute atomic E-state index is 0.0729. The first kappa shape index (κ1) is 14.1. The van der Waals surface area contributed by atoms with E-state index in [0.717, 1.165) is 16.5 Å². The van der Waals surface area contributed by atoms with Crippen LogP contribution in [0.1, 0.15) is 22.3 Å². The topological polar surface area (TPSA) is 35.5 Å². The molecule has 0 radical (unpaired) electrons. The zero-order chi connectivity index (χ0) is 14.7. The summed E-state index contributed by atoms with van der Waals surface area (Å²) in [6, 6.07) is 13.2. The van der Waals surface area contributed by atoms with E-state index in [0.29, 0.717) is 36.7 Å². The number of ether oxygens (including phenoxy) is 2. The van der Waals surface area contributed by atoms with Crippen molar-refractivity contribution in [1.29, 1.82) is 0 Å². The number of halogens is 1. The minimum atomic E-state index is 0.0729. The van der Waals surface area contributed by atoms with Gasteiger partial charge in [-0.15, -0.1) is 0 Å². The number of benzene rings is 2. The van der Waals surface area contributed by atoms with Crippen molar-refractivity contribution in [1.82, 2.24) is 0 Å². The molecule has 21 heavy (non-hydrogen) atoms. The zero-order valence-corrected chi connectivity index (χ0v) is 13.1. The van der Waals surface area contributed by atoms with Crippen LogP contribution in [0, 0.1) is 0 Å². The Balaban J connectivity index is 1.80. The fourth-order valence-corrected chi connectivity index (χ4v) is 2.72. The third kappa shape index (κ3) is 3.45. The highest BCUT2D eigenvalue weighted by Crippen LogP contribution is 2.30. The summed E-state index contributed by atoms with van der Waals surface area (Å²) < 4.78 is 12.2. The summed E-state index contributed by atoms with van der Waals surface area (Å²) in [5.74, 6) is 1.45. The smallest absolute Gasteiger partial charge is 0.167 e. The summed E-state index contributed by atoms with van der Waals surface area (Å²) in [5.41, 5.74) is 1.64. The second kappa shape index (κ2) is 6.31. The van der Waals surface area contributed by atoms with Gasteiger partial charge in [0.25, 0.3) is 0 Å². The monoisotopic (exact) mass is 346 g/mol. The summed E-state index contributed by atoms with van der Waals surface area (Å²) in [5, 5.41) is 0. The van der Waals surface area contributed by atoms with E-state index in [9.17, 15) is 4.79 Å². The summed E-state index contributed by atoms with van der Waals surface area (Å²) >= 11 is 3.42. The molecule has 0 spiro atoms. The van der Waals surface area contributed by atoms with Gasteiger partial charge in [0.05, 0.1) is 13.2 Å². The van der Waals surface area contributed by atoms with Crippen molar-refractivity contribution in [3.8, 4) is 11.5 Å². The molecule has 0 N–H and O–H groups in total. The van der Waals surface area contributed by atoms with Crippen LogP contribution in [0.15, 0.2) is 46.9 Å². The number of carbonyl (C=O) groups is 1. The van der Waals surface area contributed by atoms with Gasteiger partial charge in [0, 0.05) is 22.9 Å². The van der Waals surface area contributed by atoms with E-state index in [1.54, 1.807) is 12.1 Å². The highest BCUT2D eigenvalue weighted by Gasteiger charge is 2.14. The number of ketones is 1. The first-order valence-corrected chi connectivity index (χ1v) is 7.69. The molecule has 1 heterocycles. The lowest BCUT2D eigenvalue weighted by atomic mass is 10.0. The van der Waals surface area contributed by atoms with Gasteiger partial charge in [-0.25, -0.2) is 0 Å². The molecule has 0 aromatic heterocycles. The van der Waals surface area contributed by atoms with Crippen LogP contribution in [0.2, 0.25) is 0 Å². The van der Waals surface area contributed by atoms with E-state index in [1.807, 2.05) is 30.3 Å². The van der Waals surface area contributed by atoms with Crippen molar-refractivity contribution in [3.63, 3.8) is 0 Å². The summed E-state index contributed by atoms with van der Waals surface area (Å²) in [6.07, 6.45) is 1.23. The molecule has 0 saturated carbocycles. The largest absolute Gasteiger partial charge is 0.490 e. The molecular formula is C17H15BrO3. The fraction of sp³-hybridized carbons (Fsp3) is 0.235. The Bertz CT molecular complexity index is 667. The molecule has 4 heteroatoms. The van der Waals surface area contributed by atoms with Gasteiger partial charge in [0.1, 0.15) is 0 Å². The Kier molecular flexibility index (Phi) is 4.25. The number of rotatable bonds is 3. The summed E-state index contributed by atoms with van der Waals surface area (Å²) in [4.78, 5) is 12.4. The lowest BCUT2D eigenvalue weighted by molar-refractivity contribution is 0.0992. The Morgan fingerprint density at radius 2 is 1.86 bits per heavy atom. The first-order chi connectivity index (χ1) is 10.2. The number of hydrogen-bond acceptors (Lipinski definition) is 3. The van der Waals surface area contributed by atoms with Gasteiger partial charge in [-0.05, 0) is 35.9 Å². The Labute approximate surface area is 132 Å². The van der Waals surface area contributed by atoms with Crippen molar-refractivity contribution in [2.45, 2.75) is 12.8 Å². The van der Waals surface area contributed by atoms with Gasteiger partial charge >= 0.3 is 0 Å². The first-order valence-electron chi connectivity index (χ1n) is 6.90. The molecular weight excluding hydrogens is 332 g/mol. The number of carbonyl (C=O) groups excluding carboxylic acids is 1. The number of Topliss-reactive ketones (excluding diaryl/α,β-unsaturated/α-hetero) is 1. The quantitative estimate of drug-likeness (QED) is 0.787. The Hall–Kier alpha value is -1.81. The lowest BCUT2D eigenvalue weighted by Gasteiger charge is -2.09. The van der Waals surface area contributed by atoms with Crippen LogP contribution in [0.4, 0.5) is 0 Å². The molecule has 2 aromatic rings. The molecule has 0 bridgehead atoms. The van der Waals surface area contributed by atoms with Crippen LogP contribution in [0.25, 0.3) is 0 Å². The second-order valence-corrected chi connectivity index (χ2v) is 5.86. The van der Waals surface area contributed by atoms with Gasteiger partial charge in [0.15, 0.2) is 17.3 Å². The van der Waals surface area contributed by atoms with Gasteiger partial charge in [0.2, 0.25) is 0 Å². The highest BCUT2D eigenvalue weighted by atomic mass is 79.9. The van der Waals surface area contributed by atoms with E-state index in [-0.39, 0.29) is 5.78 Å². The molecule has 3 nitrogen and oxygen atoms in total. The van der Waals surface area contributed by atoms with Crippen molar-refractivity contribution < 1.29 is 14.3 Å². The van der Waals surface area contributed by atoms with E-state index in [4.69, 9.17) is 9.47 Å². The Morgan fingerprint density at radius 1 is 1.05 bits per heavy atom. The van der Waals surface area contributed by atoms with Crippen molar-refractivity contribution in [2.75, 3.05) is 13.2 Å². The predicted molar refractivity (Wildman–Crippen MR) is 84.2 cm³/mol. The third-order valence-electron chi connectivity index (χ3n) is 3.32. The maximum absolute atomic E-state index is 12.4. The fourth-order valence-electron chi connectivity index (χ4n) is 2.27. The van der Waals surface area contributed by atoms with Crippen LogP contribution < -0.4 is 9.47 Å². The third-order valence-corrected chi connectivity index (χ3v) is 3.82. The lowest BCUT2D eigenvalue weighted by Crippen LogP contribution is -2.04. The van der Waals surface area contributed by atoms with Crippen molar-refractivity contribution in [3.05, 3.63) is 58.1 Å². The normalized spacial score (nSPS) is 13.6. The molecule has 1 aliphatic heterocycles. The van der Waals surface area contributed by atoms with Crippen molar-refractivity contribution >= 4 is 21.7 Å². The molecule has 0 fully saturated rings. The average Bonchev–Trinajstić information content (AvgIpc) is 2.71. The van der Waals surface area contributed by atoms with Gasteiger partial charge < -0.3 is 9.47 Å². The van der Waals surface area contributed by atoms with Gasteiger partial charge in [-0.1, -0.05) is 28.1 Å². The average molecular weight is 347 g/mol. The van der Waals surface area contributed by atoms with E-state index >= 15 is 0 Å². The van der Waals surface area contributed by atoms with E-state index in [1.165, 1.54) is 0 Å². The number of hydrogen-bond donors (Lipinski definition) is 0. The summed E-state index contributed by atoms with van der Waals surface area (Å²) in [6.45, 7) is 1.27. The van der Waals surface area contributed by atoms with Crippen LogP contribution in [0.3, 0.4) is 0 Å². The van der Waals surface area contributed by atoms with Crippen LogP contribution in [-0.2, 0) is 6.42 Å². The highest BCUT2D eigenvalue weighted by molar-refractivity contribution is 9.10. The maximum Gasteiger partial charge on any atom is 0.167 e. The van der Waals surface area contributed by atoms with Gasteiger partial charge in [-0.3, -0.25) is 4.79 Å². The molecule has 0 saturated heterocycles. The molecule has 108 valence electrons. The molecule has 0 atom stereocenters. The zero-order valence-electron chi connectivity index (χ0n) is 11.5.